The minimum Gasteiger partial charge on any atom is -0.399 e. The molecule has 0 bridgehead atoms. The number of rotatable bonds is 9. The van der Waals surface area contributed by atoms with Gasteiger partial charge in [-0.1, -0.05) is 19.1 Å². The molecule has 5 heteroatoms. The number of nitrogens with zero attached hydrogens (tertiary/aromatic N) is 1. The predicted octanol–water partition coefficient (Wildman–Crippen LogP) is 1.46. The second-order valence-electron chi connectivity index (χ2n) is 5.42. The zero-order chi connectivity index (χ0) is 15.7. The van der Waals surface area contributed by atoms with Crippen LogP contribution in [-0.2, 0) is 9.53 Å². The summed E-state index contributed by atoms with van der Waals surface area (Å²) in [6, 6.07) is 7.70. The molecule has 0 saturated heterocycles. The van der Waals surface area contributed by atoms with E-state index in [2.05, 4.69) is 17.1 Å². The zero-order valence-corrected chi connectivity index (χ0v) is 13.3. The van der Waals surface area contributed by atoms with Crippen LogP contribution in [0.5, 0.6) is 0 Å². The number of likely N-dealkylation sites (N-methyl/N-ethyl adjacent to an activating group) is 1. The van der Waals surface area contributed by atoms with E-state index in [4.69, 9.17) is 10.5 Å². The van der Waals surface area contributed by atoms with Gasteiger partial charge in [0.1, 0.15) is 0 Å². The molecule has 0 spiro atoms. The van der Waals surface area contributed by atoms with Gasteiger partial charge >= 0.3 is 0 Å². The van der Waals surface area contributed by atoms with Crippen LogP contribution in [0.4, 0.5) is 5.69 Å². The Kier molecular flexibility index (Phi) is 7.79. The minimum absolute atomic E-state index is 0.0828. The number of benzene rings is 1. The SMILES string of the molecule is COCCN(C)CCNC(=O)CC(C)c1ccc(N)cc1. The molecule has 1 unspecified atom stereocenters. The smallest absolute Gasteiger partial charge is 0.220 e. The molecule has 1 atom stereocenters. The van der Waals surface area contributed by atoms with Gasteiger partial charge in [-0.25, -0.2) is 0 Å². The molecule has 1 amide bonds. The average Bonchev–Trinajstić information content (AvgIpc) is 2.45. The monoisotopic (exact) mass is 293 g/mol. The van der Waals surface area contributed by atoms with Crippen LogP contribution < -0.4 is 11.1 Å². The first-order valence-corrected chi connectivity index (χ1v) is 7.32. The van der Waals surface area contributed by atoms with E-state index in [0.717, 1.165) is 24.3 Å². The van der Waals surface area contributed by atoms with E-state index in [1.807, 2.05) is 31.3 Å². The summed E-state index contributed by atoms with van der Waals surface area (Å²) in [5, 5.41) is 2.96. The number of nitrogens with one attached hydrogen (secondary N) is 1. The molecular formula is C16H27N3O2. The van der Waals surface area contributed by atoms with E-state index in [1.165, 1.54) is 0 Å². The van der Waals surface area contributed by atoms with Crippen molar-refractivity contribution in [3.05, 3.63) is 29.8 Å². The number of nitrogen functional groups attached to an aromatic ring is 1. The van der Waals surface area contributed by atoms with Crippen LogP contribution in [0.25, 0.3) is 0 Å². The summed E-state index contributed by atoms with van der Waals surface area (Å²) >= 11 is 0. The fourth-order valence-electron chi connectivity index (χ4n) is 2.04. The number of anilines is 1. The van der Waals surface area contributed by atoms with Crippen molar-refractivity contribution in [2.24, 2.45) is 0 Å². The number of hydrogen-bond acceptors (Lipinski definition) is 4. The maximum absolute atomic E-state index is 11.9. The Hall–Kier alpha value is -1.59. The minimum atomic E-state index is 0.0828. The van der Waals surface area contributed by atoms with E-state index < -0.39 is 0 Å². The average molecular weight is 293 g/mol. The van der Waals surface area contributed by atoms with Crippen molar-refractivity contribution in [2.75, 3.05) is 46.1 Å². The molecule has 21 heavy (non-hydrogen) atoms. The third-order valence-electron chi connectivity index (χ3n) is 3.49. The Morgan fingerprint density at radius 2 is 2.00 bits per heavy atom. The summed E-state index contributed by atoms with van der Waals surface area (Å²) in [7, 11) is 3.70. The van der Waals surface area contributed by atoms with E-state index in [-0.39, 0.29) is 11.8 Å². The lowest BCUT2D eigenvalue weighted by atomic mass is 9.97. The number of ether oxygens (including phenoxy) is 1. The molecule has 3 N–H and O–H groups in total. The van der Waals surface area contributed by atoms with Crippen LogP contribution in [0.2, 0.25) is 0 Å². The lowest BCUT2D eigenvalue weighted by molar-refractivity contribution is -0.121. The first-order valence-electron chi connectivity index (χ1n) is 7.32. The van der Waals surface area contributed by atoms with Crippen molar-refractivity contribution >= 4 is 11.6 Å². The van der Waals surface area contributed by atoms with Crippen LogP contribution in [0, 0.1) is 0 Å². The van der Waals surface area contributed by atoms with Crippen molar-refractivity contribution in [2.45, 2.75) is 19.3 Å². The molecule has 0 aromatic heterocycles. The van der Waals surface area contributed by atoms with Gasteiger partial charge in [-0.3, -0.25) is 4.79 Å². The highest BCUT2D eigenvalue weighted by Gasteiger charge is 2.11. The van der Waals surface area contributed by atoms with Gasteiger partial charge in [0.15, 0.2) is 0 Å². The molecule has 0 radical (unpaired) electrons. The van der Waals surface area contributed by atoms with Crippen LogP contribution in [0.3, 0.4) is 0 Å². The Morgan fingerprint density at radius 1 is 1.33 bits per heavy atom. The molecule has 0 aliphatic rings. The van der Waals surface area contributed by atoms with Crippen molar-refractivity contribution < 1.29 is 9.53 Å². The lowest BCUT2D eigenvalue weighted by Crippen LogP contribution is -2.34. The number of amides is 1. The van der Waals surface area contributed by atoms with Gasteiger partial charge in [0.25, 0.3) is 0 Å². The van der Waals surface area contributed by atoms with E-state index >= 15 is 0 Å². The fourth-order valence-corrected chi connectivity index (χ4v) is 2.04. The van der Waals surface area contributed by atoms with Gasteiger partial charge in [-0.15, -0.1) is 0 Å². The molecule has 1 aromatic rings. The quantitative estimate of drug-likeness (QED) is 0.676. The molecule has 0 saturated carbocycles. The molecule has 0 fully saturated rings. The number of hydrogen-bond donors (Lipinski definition) is 2. The maximum Gasteiger partial charge on any atom is 0.220 e. The first kappa shape index (κ1) is 17.5. The van der Waals surface area contributed by atoms with Crippen molar-refractivity contribution in [3.8, 4) is 0 Å². The van der Waals surface area contributed by atoms with Gasteiger partial charge in [0.05, 0.1) is 6.61 Å². The van der Waals surface area contributed by atoms with Crippen molar-refractivity contribution in [1.82, 2.24) is 10.2 Å². The number of methoxy groups -OCH3 is 1. The number of carbonyl (C=O) groups excluding carboxylic acids is 1. The Morgan fingerprint density at radius 3 is 2.62 bits per heavy atom. The third-order valence-corrected chi connectivity index (χ3v) is 3.49. The first-order chi connectivity index (χ1) is 10.0. The normalized spacial score (nSPS) is 12.4. The highest BCUT2D eigenvalue weighted by atomic mass is 16.5. The van der Waals surface area contributed by atoms with Crippen LogP contribution >= 0.6 is 0 Å². The fraction of sp³-hybridized carbons (Fsp3) is 0.562. The molecule has 0 heterocycles. The number of carbonyl (C=O) groups is 1. The van der Waals surface area contributed by atoms with Crippen molar-refractivity contribution in [3.63, 3.8) is 0 Å². The van der Waals surface area contributed by atoms with Gasteiger partial charge < -0.3 is 20.7 Å². The molecular weight excluding hydrogens is 266 g/mol. The molecule has 0 aliphatic heterocycles. The Labute approximate surface area is 127 Å². The molecule has 1 aromatic carbocycles. The van der Waals surface area contributed by atoms with E-state index in [1.54, 1.807) is 7.11 Å². The summed E-state index contributed by atoms with van der Waals surface area (Å²) < 4.78 is 5.01. The van der Waals surface area contributed by atoms with Crippen LogP contribution in [0.1, 0.15) is 24.8 Å². The van der Waals surface area contributed by atoms with Gasteiger partial charge in [-0.05, 0) is 30.7 Å². The summed E-state index contributed by atoms with van der Waals surface area (Å²) in [4.78, 5) is 14.0. The Bertz CT molecular complexity index is 420. The summed E-state index contributed by atoms with van der Waals surface area (Å²) in [5.41, 5.74) is 7.54. The molecule has 5 nitrogen and oxygen atoms in total. The van der Waals surface area contributed by atoms with Crippen molar-refractivity contribution in [1.29, 1.82) is 0 Å². The second-order valence-corrected chi connectivity index (χ2v) is 5.42. The molecule has 118 valence electrons. The van der Waals surface area contributed by atoms with Gasteiger partial charge in [0, 0.05) is 38.9 Å². The largest absolute Gasteiger partial charge is 0.399 e. The van der Waals surface area contributed by atoms with E-state index in [9.17, 15) is 4.79 Å². The topological polar surface area (TPSA) is 67.6 Å². The second kappa shape index (κ2) is 9.37. The summed E-state index contributed by atoms with van der Waals surface area (Å²) in [5.74, 6) is 0.274. The lowest BCUT2D eigenvalue weighted by Gasteiger charge is -2.17. The summed E-state index contributed by atoms with van der Waals surface area (Å²) in [6.07, 6.45) is 0.492. The summed E-state index contributed by atoms with van der Waals surface area (Å²) in [6.45, 7) is 5.11. The Balaban J connectivity index is 2.25. The van der Waals surface area contributed by atoms with Crippen LogP contribution in [0.15, 0.2) is 24.3 Å². The van der Waals surface area contributed by atoms with Gasteiger partial charge in [0.2, 0.25) is 5.91 Å². The maximum atomic E-state index is 11.9. The molecule has 1 rings (SSSR count). The van der Waals surface area contributed by atoms with Crippen LogP contribution in [-0.4, -0.2) is 51.2 Å². The number of nitrogens with two attached hydrogens (primary N) is 1. The highest BCUT2D eigenvalue weighted by molar-refractivity contribution is 5.76. The predicted molar refractivity (Wildman–Crippen MR) is 86.3 cm³/mol. The standard InChI is InChI=1S/C16H27N3O2/c1-13(14-4-6-15(17)7-5-14)12-16(20)18-8-9-19(2)10-11-21-3/h4-7,13H,8-12,17H2,1-3H3,(H,18,20). The zero-order valence-electron chi connectivity index (χ0n) is 13.3. The molecule has 0 aliphatic carbocycles. The van der Waals surface area contributed by atoms with Gasteiger partial charge in [-0.2, -0.15) is 0 Å². The van der Waals surface area contributed by atoms with E-state index in [0.29, 0.717) is 19.6 Å². The third kappa shape index (κ3) is 7.11. The highest BCUT2D eigenvalue weighted by Crippen LogP contribution is 2.19.